The van der Waals surface area contributed by atoms with E-state index in [0.29, 0.717) is 23.9 Å². The molecular weight excluding hydrogens is 988 g/mol. The van der Waals surface area contributed by atoms with Gasteiger partial charge in [0.05, 0.1) is 33.8 Å². The summed E-state index contributed by atoms with van der Waals surface area (Å²) in [7, 11) is 1.13. The molecule has 0 aromatic carbocycles. The number of ether oxygens (including phenoxy) is 1. The molecular formula is C68H117N2O7P. The van der Waals surface area contributed by atoms with Crippen molar-refractivity contribution in [3.8, 4) is 0 Å². The SMILES string of the molecule is CC\C=C/C=C/C=C/C=C\C=C\C=C\CCCCCC(=O)NC(COP(=O)([O-])OCC[N+](C)(C)C)C(/C=C\CCCCCCCCCCCC)OC(=O)CCCCCCCCCCCC/C=C\C/C=C\C/C=C\CCCCC. The number of nitrogens with zero attached hydrogens (tertiary/aromatic N) is 1. The van der Waals surface area contributed by atoms with Crippen molar-refractivity contribution in [1.29, 1.82) is 0 Å². The summed E-state index contributed by atoms with van der Waals surface area (Å²) in [5, 5.41) is 3.00. The first-order chi connectivity index (χ1) is 37.9. The number of nitrogens with one attached hydrogen (secondary N) is 1. The first-order valence-electron chi connectivity index (χ1n) is 31.4. The molecule has 0 spiro atoms. The highest BCUT2D eigenvalue weighted by Gasteiger charge is 2.27. The van der Waals surface area contributed by atoms with Crippen molar-refractivity contribution in [2.75, 3.05) is 40.9 Å². The number of allylic oxidation sites excluding steroid dienone is 19. The minimum atomic E-state index is -4.72. The van der Waals surface area contributed by atoms with Gasteiger partial charge in [-0.05, 0) is 89.5 Å². The zero-order valence-corrected chi connectivity index (χ0v) is 51.7. The lowest BCUT2D eigenvalue weighted by molar-refractivity contribution is -0.870. The van der Waals surface area contributed by atoms with Gasteiger partial charge < -0.3 is 28.5 Å². The van der Waals surface area contributed by atoms with E-state index in [-0.39, 0.29) is 31.3 Å². The zero-order valence-electron chi connectivity index (χ0n) is 50.8. The Morgan fingerprint density at radius 2 is 0.872 bits per heavy atom. The highest BCUT2D eigenvalue weighted by Crippen LogP contribution is 2.38. The average Bonchev–Trinajstić information content (AvgIpc) is 3.40. The minimum absolute atomic E-state index is 0.0387. The average molecular weight is 1110 g/mol. The number of carbonyl (C=O) groups excluding carboxylic acids is 2. The maximum absolute atomic E-state index is 13.5. The molecule has 0 fully saturated rings. The van der Waals surface area contributed by atoms with Crippen LogP contribution in [0.1, 0.15) is 245 Å². The Bertz CT molecular complexity index is 1750. The van der Waals surface area contributed by atoms with E-state index in [1.54, 1.807) is 0 Å². The van der Waals surface area contributed by atoms with Crippen LogP contribution >= 0.6 is 7.82 Å². The predicted molar refractivity (Wildman–Crippen MR) is 334 cm³/mol. The summed E-state index contributed by atoms with van der Waals surface area (Å²) in [5.74, 6) is -0.603. The Morgan fingerprint density at radius 1 is 0.474 bits per heavy atom. The summed E-state index contributed by atoms with van der Waals surface area (Å²) in [6, 6.07) is -0.922. The summed E-state index contributed by atoms with van der Waals surface area (Å²) in [4.78, 5) is 40.0. The molecule has 0 aliphatic heterocycles. The lowest BCUT2D eigenvalue weighted by atomic mass is 10.0. The molecule has 78 heavy (non-hydrogen) atoms. The summed E-state index contributed by atoms with van der Waals surface area (Å²) in [6.07, 6.45) is 78.8. The molecule has 0 heterocycles. The van der Waals surface area contributed by atoms with E-state index < -0.39 is 26.6 Å². The topological polar surface area (TPSA) is 114 Å². The number of hydrogen-bond donors (Lipinski definition) is 1. The third kappa shape index (κ3) is 57.1. The summed E-state index contributed by atoms with van der Waals surface area (Å²) < 4.78 is 30.3. The predicted octanol–water partition coefficient (Wildman–Crippen LogP) is 18.9. The van der Waals surface area contributed by atoms with E-state index in [4.69, 9.17) is 13.8 Å². The van der Waals surface area contributed by atoms with E-state index >= 15 is 0 Å². The van der Waals surface area contributed by atoms with Crippen LogP contribution in [-0.2, 0) is 27.9 Å². The molecule has 0 saturated heterocycles. The summed E-state index contributed by atoms with van der Waals surface area (Å²) in [6.45, 7) is 6.62. The van der Waals surface area contributed by atoms with E-state index in [9.17, 15) is 19.0 Å². The van der Waals surface area contributed by atoms with Gasteiger partial charge in [0, 0.05) is 12.8 Å². The Morgan fingerprint density at radius 3 is 1.38 bits per heavy atom. The summed E-state index contributed by atoms with van der Waals surface area (Å²) in [5.41, 5.74) is 0. The van der Waals surface area contributed by atoms with Gasteiger partial charge >= 0.3 is 5.97 Å². The zero-order chi connectivity index (χ0) is 57.2. The van der Waals surface area contributed by atoms with Gasteiger partial charge in [-0.2, -0.15) is 0 Å². The first kappa shape index (κ1) is 74.4. The smallest absolute Gasteiger partial charge is 0.306 e. The number of amides is 1. The van der Waals surface area contributed by atoms with Crippen LogP contribution < -0.4 is 10.2 Å². The Kier molecular flexibility index (Phi) is 54.1. The van der Waals surface area contributed by atoms with Crippen LogP contribution in [0, 0.1) is 0 Å². The van der Waals surface area contributed by atoms with Crippen molar-refractivity contribution in [2.45, 2.75) is 258 Å². The van der Waals surface area contributed by atoms with Crippen molar-refractivity contribution >= 4 is 19.7 Å². The molecule has 10 heteroatoms. The first-order valence-corrected chi connectivity index (χ1v) is 32.9. The minimum Gasteiger partial charge on any atom is -0.756 e. The number of phosphoric acid groups is 1. The highest BCUT2D eigenvalue weighted by atomic mass is 31.2. The van der Waals surface area contributed by atoms with Gasteiger partial charge in [0.15, 0.2) is 0 Å². The summed E-state index contributed by atoms with van der Waals surface area (Å²) >= 11 is 0. The molecule has 3 atom stereocenters. The standard InChI is InChI=1S/C68H117N2O7P/c1-7-10-13-16-19-22-25-28-30-32-33-34-35-36-37-39-41-43-46-49-52-55-58-61-68(72)77-66(59-56-53-50-47-44-27-24-21-18-15-12-9-3)65(64-76-78(73,74)75-63-62-70(4,5)6)69-67(71)60-57-54-51-48-45-42-40-38-31-29-26-23-20-17-14-11-8-2/h11,14,17,19-20,22-23,26,28-31,33-34,38,40,42,45,56,59,65-66H,7-10,12-13,15-16,18,21,24-25,27,32,35-37,39,41,43-44,46-55,57-58,60-64H2,1-6H3,(H-,69,71,73,74)/b14-11-,20-17+,22-19-,26-23+,30-28-,31-29-,34-33-,40-38+,45-42+,59-56-. The van der Waals surface area contributed by atoms with Crippen LogP contribution in [0.5, 0.6) is 0 Å². The van der Waals surface area contributed by atoms with Crippen molar-refractivity contribution in [3.05, 3.63) is 122 Å². The quantitative estimate of drug-likeness (QED) is 0.0161. The maximum Gasteiger partial charge on any atom is 0.306 e. The van der Waals surface area contributed by atoms with Crippen LogP contribution in [0.4, 0.5) is 0 Å². The number of phosphoric ester groups is 1. The molecule has 1 N–H and O–H groups in total. The van der Waals surface area contributed by atoms with Gasteiger partial charge in [0.1, 0.15) is 19.3 Å². The molecule has 0 rings (SSSR count). The second-order valence-electron chi connectivity index (χ2n) is 22.0. The largest absolute Gasteiger partial charge is 0.756 e. The highest BCUT2D eigenvalue weighted by molar-refractivity contribution is 7.45. The van der Waals surface area contributed by atoms with Crippen molar-refractivity contribution < 1.29 is 37.3 Å². The molecule has 0 aliphatic rings. The van der Waals surface area contributed by atoms with Crippen LogP contribution in [-0.4, -0.2) is 69.4 Å². The fourth-order valence-corrected chi connectivity index (χ4v) is 9.16. The van der Waals surface area contributed by atoms with Crippen molar-refractivity contribution in [3.63, 3.8) is 0 Å². The second kappa shape index (κ2) is 56.7. The van der Waals surface area contributed by atoms with Gasteiger partial charge in [0.2, 0.25) is 5.91 Å². The van der Waals surface area contributed by atoms with Crippen LogP contribution in [0.25, 0.3) is 0 Å². The number of carbonyl (C=O) groups is 2. The van der Waals surface area contributed by atoms with Gasteiger partial charge in [0.25, 0.3) is 7.82 Å². The van der Waals surface area contributed by atoms with E-state index in [1.807, 2.05) is 94.1 Å². The number of unbranched alkanes of at least 4 members (excludes halogenated alkanes) is 26. The van der Waals surface area contributed by atoms with Gasteiger partial charge in [-0.1, -0.05) is 265 Å². The van der Waals surface area contributed by atoms with E-state index in [2.05, 4.69) is 74.7 Å². The molecule has 0 aliphatic carbocycles. The number of esters is 1. The Labute approximate surface area is 480 Å². The van der Waals surface area contributed by atoms with E-state index in [0.717, 1.165) is 83.5 Å². The third-order valence-electron chi connectivity index (χ3n) is 13.3. The Balaban J connectivity index is 5.29. The van der Waals surface area contributed by atoms with E-state index in [1.165, 1.54) is 116 Å². The maximum atomic E-state index is 13.5. The molecule has 0 aromatic rings. The lowest BCUT2D eigenvalue weighted by Crippen LogP contribution is -2.47. The normalized spacial score (nSPS) is 14.5. The number of likely N-dealkylation sites (N-methyl/N-ethyl adjacent to an activating group) is 1. The number of quaternary nitrogens is 1. The lowest BCUT2D eigenvalue weighted by Gasteiger charge is -2.30. The Hall–Kier alpha value is -3.59. The molecule has 0 saturated carbocycles. The van der Waals surface area contributed by atoms with Crippen LogP contribution in [0.15, 0.2) is 122 Å². The molecule has 1 amide bonds. The fourth-order valence-electron chi connectivity index (χ4n) is 8.44. The number of hydrogen-bond acceptors (Lipinski definition) is 7. The van der Waals surface area contributed by atoms with Crippen LogP contribution in [0.2, 0.25) is 0 Å². The van der Waals surface area contributed by atoms with Gasteiger partial charge in [-0.3, -0.25) is 14.2 Å². The van der Waals surface area contributed by atoms with Crippen LogP contribution in [0.3, 0.4) is 0 Å². The molecule has 446 valence electrons. The van der Waals surface area contributed by atoms with Crippen molar-refractivity contribution in [2.24, 2.45) is 0 Å². The van der Waals surface area contributed by atoms with Crippen molar-refractivity contribution in [1.82, 2.24) is 5.32 Å². The fraction of sp³-hybridized carbons (Fsp3) is 0.676. The number of rotatable bonds is 55. The molecule has 9 nitrogen and oxygen atoms in total. The van der Waals surface area contributed by atoms with Gasteiger partial charge in [-0.15, -0.1) is 0 Å². The molecule has 0 radical (unpaired) electrons. The third-order valence-corrected chi connectivity index (χ3v) is 14.3. The van der Waals surface area contributed by atoms with Gasteiger partial charge in [-0.25, -0.2) is 0 Å². The second-order valence-corrected chi connectivity index (χ2v) is 23.4. The molecule has 0 bridgehead atoms. The monoisotopic (exact) mass is 1100 g/mol. The molecule has 3 unspecified atom stereocenters. The molecule has 0 aromatic heterocycles.